The predicted octanol–water partition coefficient (Wildman–Crippen LogP) is 19.0. The van der Waals surface area contributed by atoms with Crippen LogP contribution in [-0.2, 0) is 32.7 Å². The molecule has 9 nitrogen and oxygen atoms in total. The highest BCUT2D eigenvalue weighted by Gasteiger charge is 2.27. The number of hydrogen-bond acceptors (Lipinski definition) is 7. The largest absolute Gasteiger partial charge is 0.472 e. The second-order valence-corrected chi connectivity index (χ2v) is 22.8. The van der Waals surface area contributed by atoms with Gasteiger partial charge in [0.15, 0.2) is 6.10 Å². The monoisotopic (exact) mass is 1060 g/mol. The SMILES string of the molecule is CC/C=C\C/C=C\C/C=C\C/C=C\C/C=C\CCCCCCCC(=O)OC(COC(=O)CCCCCCCCCCCCCCCCCCC/C=C\C/C=C\CCCCCCC)COP(=O)(O)OCC[N+](C)(C)C. The summed E-state index contributed by atoms with van der Waals surface area (Å²) < 4.78 is 34.6. The number of nitrogens with zero attached hydrogens (tertiary/aromatic N) is 1. The third-order valence-electron chi connectivity index (χ3n) is 12.9. The highest BCUT2D eigenvalue weighted by Crippen LogP contribution is 2.43. The van der Waals surface area contributed by atoms with E-state index >= 15 is 0 Å². The Kier molecular flexibility index (Phi) is 52.9. The Labute approximate surface area is 456 Å². The molecule has 74 heavy (non-hydrogen) atoms. The van der Waals surface area contributed by atoms with Gasteiger partial charge >= 0.3 is 19.8 Å². The van der Waals surface area contributed by atoms with Crippen molar-refractivity contribution in [3.8, 4) is 0 Å². The first-order valence-electron chi connectivity index (χ1n) is 30.3. The number of unbranched alkanes of at least 4 members (excludes halogenated alkanes) is 27. The van der Waals surface area contributed by atoms with Gasteiger partial charge < -0.3 is 18.9 Å². The number of ether oxygens (including phenoxy) is 2. The molecule has 10 heteroatoms. The Morgan fingerprint density at radius 3 is 1.15 bits per heavy atom. The maximum atomic E-state index is 12.8. The van der Waals surface area contributed by atoms with Gasteiger partial charge in [-0.15, -0.1) is 0 Å². The summed E-state index contributed by atoms with van der Waals surface area (Å²) in [6.07, 6.45) is 73.7. The lowest BCUT2D eigenvalue weighted by molar-refractivity contribution is -0.870. The van der Waals surface area contributed by atoms with E-state index in [1.165, 1.54) is 135 Å². The van der Waals surface area contributed by atoms with E-state index in [2.05, 4.69) is 98.9 Å². The molecule has 0 aliphatic carbocycles. The Morgan fingerprint density at radius 2 is 0.770 bits per heavy atom. The molecule has 0 aromatic rings. The van der Waals surface area contributed by atoms with E-state index in [0.717, 1.165) is 89.9 Å². The minimum atomic E-state index is -4.40. The van der Waals surface area contributed by atoms with Gasteiger partial charge in [0, 0.05) is 12.8 Å². The Bertz CT molecular complexity index is 1520. The number of likely N-dealkylation sites (N-methyl/N-ethyl adjacent to an activating group) is 1. The van der Waals surface area contributed by atoms with Gasteiger partial charge in [0.2, 0.25) is 0 Å². The summed E-state index contributed by atoms with van der Waals surface area (Å²) in [7, 11) is 1.46. The molecular formula is C64H115NO8P+. The molecule has 0 aromatic heterocycles. The Hall–Kier alpha value is -2.81. The maximum Gasteiger partial charge on any atom is 0.472 e. The normalized spacial score (nSPS) is 13.9. The van der Waals surface area contributed by atoms with Crippen molar-refractivity contribution < 1.29 is 42.1 Å². The van der Waals surface area contributed by atoms with Gasteiger partial charge in [-0.25, -0.2) is 4.57 Å². The average molecular weight is 1060 g/mol. The number of esters is 2. The molecule has 0 bridgehead atoms. The van der Waals surface area contributed by atoms with E-state index in [1.807, 2.05) is 21.1 Å². The molecule has 0 saturated heterocycles. The van der Waals surface area contributed by atoms with Crippen LogP contribution in [0.1, 0.15) is 258 Å². The summed E-state index contributed by atoms with van der Waals surface area (Å²) in [6, 6.07) is 0. The first-order valence-corrected chi connectivity index (χ1v) is 31.8. The molecule has 428 valence electrons. The lowest BCUT2D eigenvalue weighted by Gasteiger charge is -2.24. The number of hydrogen-bond donors (Lipinski definition) is 1. The molecule has 2 unspecified atom stereocenters. The molecule has 0 spiro atoms. The minimum absolute atomic E-state index is 0.0244. The zero-order chi connectivity index (χ0) is 54.2. The van der Waals surface area contributed by atoms with Crippen molar-refractivity contribution in [2.24, 2.45) is 0 Å². The van der Waals surface area contributed by atoms with Crippen molar-refractivity contribution in [1.82, 2.24) is 0 Å². The van der Waals surface area contributed by atoms with Crippen LogP contribution in [0.5, 0.6) is 0 Å². The molecule has 0 amide bonds. The van der Waals surface area contributed by atoms with E-state index in [1.54, 1.807) is 0 Å². The van der Waals surface area contributed by atoms with E-state index in [0.29, 0.717) is 17.4 Å². The number of carbonyl (C=O) groups excluding carboxylic acids is 2. The summed E-state index contributed by atoms with van der Waals surface area (Å²) in [5.74, 6) is -0.817. The van der Waals surface area contributed by atoms with Crippen LogP contribution in [0.2, 0.25) is 0 Å². The van der Waals surface area contributed by atoms with Crippen molar-refractivity contribution in [3.05, 3.63) is 85.1 Å². The maximum absolute atomic E-state index is 12.8. The van der Waals surface area contributed by atoms with Gasteiger partial charge in [0.25, 0.3) is 0 Å². The second kappa shape index (κ2) is 55.0. The first kappa shape index (κ1) is 71.2. The minimum Gasteiger partial charge on any atom is -0.462 e. The van der Waals surface area contributed by atoms with Crippen LogP contribution in [0, 0.1) is 0 Å². The summed E-state index contributed by atoms with van der Waals surface area (Å²) >= 11 is 0. The molecule has 0 fully saturated rings. The molecule has 2 atom stereocenters. The molecule has 0 radical (unpaired) electrons. The van der Waals surface area contributed by atoms with E-state index in [-0.39, 0.29) is 32.0 Å². The third kappa shape index (κ3) is 58.5. The van der Waals surface area contributed by atoms with E-state index < -0.39 is 26.5 Å². The van der Waals surface area contributed by atoms with Crippen LogP contribution in [-0.4, -0.2) is 74.9 Å². The third-order valence-corrected chi connectivity index (χ3v) is 13.9. The standard InChI is InChI=1S/C64H114NO8P/c1-6-8-10-12-14-16-18-20-22-24-26-28-29-30-31-32-33-34-35-37-38-40-42-44-46-48-50-52-54-56-63(66)70-60-62(61-72-74(68,69)71-59-58-65(3,4)5)73-64(67)57-55-53-51-49-47-45-43-41-39-36-27-25-23-21-19-17-15-13-11-9-7-2/h9,11,15,17-18,20-21,23-24,26-27,36,41,43,62H,6-8,10,12-14,16,19,22,25,28-35,37-40,42,44-61H2,1-5H3/p+1/b11-9-,17-15-,20-18-,23-21-,26-24-,36-27-,43-41-. The highest BCUT2D eigenvalue weighted by atomic mass is 31.2. The van der Waals surface area contributed by atoms with Gasteiger partial charge in [-0.05, 0) is 89.9 Å². The van der Waals surface area contributed by atoms with Crippen molar-refractivity contribution in [3.63, 3.8) is 0 Å². The number of carbonyl (C=O) groups is 2. The zero-order valence-electron chi connectivity index (χ0n) is 48.6. The van der Waals surface area contributed by atoms with Crippen LogP contribution < -0.4 is 0 Å². The van der Waals surface area contributed by atoms with Crippen molar-refractivity contribution in [1.29, 1.82) is 0 Å². The van der Waals surface area contributed by atoms with Crippen molar-refractivity contribution in [2.45, 2.75) is 264 Å². The lowest BCUT2D eigenvalue weighted by atomic mass is 10.0. The zero-order valence-corrected chi connectivity index (χ0v) is 49.5. The van der Waals surface area contributed by atoms with Crippen LogP contribution in [0.25, 0.3) is 0 Å². The van der Waals surface area contributed by atoms with Gasteiger partial charge in [-0.1, -0.05) is 240 Å². The molecule has 1 N–H and O–H groups in total. The molecule has 0 aliphatic heterocycles. The highest BCUT2D eigenvalue weighted by molar-refractivity contribution is 7.47. The van der Waals surface area contributed by atoms with Gasteiger partial charge in [-0.3, -0.25) is 18.6 Å². The van der Waals surface area contributed by atoms with Gasteiger partial charge in [-0.2, -0.15) is 0 Å². The molecule has 0 heterocycles. The number of allylic oxidation sites excluding steroid dienone is 14. The van der Waals surface area contributed by atoms with Crippen LogP contribution >= 0.6 is 7.82 Å². The first-order chi connectivity index (χ1) is 36.0. The molecule has 0 saturated carbocycles. The fraction of sp³-hybridized carbons (Fsp3) is 0.750. The van der Waals surface area contributed by atoms with Gasteiger partial charge in [0.1, 0.15) is 19.8 Å². The number of phosphoric acid groups is 1. The summed E-state index contributed by atoms with van der Waals surface area (Å²) in [5.41, 5.74) is 0. The van der Waals surface area contributed by atoms with Gasteiger partial charge in [0.05, 0.1) is 27.7 Å². The number of quaternary nitrogens is 1. The molecular weight excluding hydrogens is 942 g/mol. The molecule has 0 aromatic carbocycles. The Balaban J connectivity index is 4.14. The fourth-order valence-corrected chi connectivity index (χ4v) is 8.99. The summed E-state index contributed by atoms with van der Waals surface area (Å²) in [4.78, 5) is 35.7. The van der Waals surface area contributed by atoms with E-state index in [9.17, 15) is 19.0 Å². The summed E-state index contributed by atoms with van der Waals surface area (Å²) in [6.45, 7) is 4.30. The topological polar surface area (TPSA) is 108 Å². The second-order valence-electron chi connectivity index (χ2n) is 21.4. The lowest BCUT2D eigenvalue weighted by Crippen LogP contribution is -2.37. The van der Waals surface area contributed by atoms with Crippen LogP contribution in [0.15, 0.2) is 85.1 Å². The van der Waals surface area contributed by atoms with Crippen molar-refractivity contribution in [2.75, 3.05) is 47.5 Å². The van der Waals surface area contributed by atoms with Crippen LogP contribution in [0.3, 0.4) is 0 Å². The molecule has 0 rings (SSSR count). The number of rotatable bonds is 55. The average Bonchev–Trinajstić information content (AvgIpc) is 3.36. The fourth-order valence-electron chi connectivity index (χ4n) is 8.25. The van der Waals surface area contributed by atoms with Crippen LogP contribution in [0.4, 0.5) is 0 Å². The van der Waals surface area contributed by atoms with E-state index in [4.69, 9.17) is 18.5 Å². The van der Waals surface area contributed by atoms with Crippen molar-refractivity contribution >= 4 is 19.8 Å². The summed E-state index contributed by atoms with van der Waals surface area (Å²) in [5, 5.41) is 0. The predicted molar refractivity (Wildman–Crippen MR) is 316 cm³/mol. The molecule has 0 aliphatic rings. The quantitative estimate of drug-likeness (QED) is 0.0211. The number of phosphoric ester groups is 1. The Morgan fingerprint density at radius 1 is 0.432 bits per heavy atom. The smallest absolute Gasteiger partial charge is 0.462 e.